The molecule has 4 unspecified atom stereocenters. The number of nitrogens with zero attached hydrogens (tertiary/aromatic N) is 1. The molecule has 2 rings (SSSR count). The van der Waals surface area contributed by atoms with Gasteiger partial charge in [0.25, 0.3) is 0 Å². The van der Waals surface area contributed by atoms with Crippen LogP contribution in [0.15, 0.2) is 24.4 Å². The number of hydrogen-bond donors (Lipinski definition) is 1. The molecule has 1 aromatic rings. The Bertz CT molecular complexity index is 368. The van der Waals surface area contributed by atoms with E-state index in [2.05, 4.69) is 43.2 Å². The van der Waals surface area contributed by atoms with Crippen molar-refractivity contribution in [2.75, 3.05) is 13.2 Å². The van der Waals surface area contributed by atoms with Crippen LogP contribution in [-0.4, -0.2) is 30.3 Å². The Morgan fingerprint density at radius 1 is 1.47 bits per heavy atom. The maximum absolute atomic E-state index is 5.98. The molecule has 1 fully saturated rings. The third kappa shape index (κ3) is 3.54. The van der Waals surface area contributed by atoms with Gasteiger partial charge >= 0.3 is 0 Å². The van der Waals surface area contributed by atoms with E-state index >= 15 is 0 Å². The lowest BCUT2D eigenvalue weighted by Gasteiger charge is -2.32. The van der Waals surface area contributed by atoms with Crippen molar-refractivity contribution in [1.29, 1.82) is 0 Å². The summed E-state index contributed by atoms with van der Waals surface area (Å²) in [5, 5.41) is 3.68. The summed E-state index contributed by atoms with van der Waals surface area (Å²) >= 11 is 0. The zero-order valence-electron chi connectivity index (χ0n) is 12.3. The number of pyridine rings is 1. The summed E-state index contributed by atoms with van der Waals surface area (Å²) in [5.74, 6) is 0.999. The molecule has 0 aromatic carbocycles. The monoisotopic (exact) mass is 262 g/mol. The van der Waals surface area contributed by atoms with Gasteiger partial charge in [0.15, 0.2) is 0 Å². The molecular weight excluding hydrogens is 236 g/mol. The number of ether oxygens (including phenoxy) is 1. The van der Waals surface area contributed by atoms with Gasteiger partial charge in [-0.25, -0.2) is 0 Å². The van der Waals surface area contributed by atoms with Crippen LogP contribution in [-0.2, 0) is 4.74 Å². The molecule has 0 amide bonds. The van der Waals surface area contributed by atoms with Crippen LogP contribution in [0.2, 0.25) is 0 Å². The summed E-state index contributed by atoms with van der Waals surface area (Å²) in [6, 6.07) is 6.51. The summed E-state index contributed by atoms with van der Waals surface area (Å²) in [5.41, 5.74) is 1.15. The van der Waals surface area contributed by atoms with Gasteiger partial charge in [-0.3, -0.25) is 4.98 Å². The normalized spacial score (nSPS) is 26.3. The van der Waals surface area contributed by atoms with E-state index in [4.69, 9.17) is 4.74 Å². The van der Waals surface area contributed by atoms with Crippen molar-refractivity contribution in [1.82, 2.24) is 10.3 Å². The predicted octanol–water partition coefficient (Wildman–Crippen LogP) is 2.98. The Morgan fingerprint density at radius 3 is 2.89 bits per heavy atom. The highest BCUT2D eigenvalue weighted by molar-refractivity contribution is 5.12. The fraction of sp³-hybridized carbons (Fsp3) is 0.688. The lowest BCUT2D eigenvalue weighted by Crippen LogP contribution is -2.46. The fourth-order valence-electron chi connectivity index (χ4n) is 2.89. The fourth-order valence-corrected chi connectivity index (χ4v) is 2.89. The molecule has 1 saturated heterocycles. The highest BCUT2D eigenvalue weighted by Crippen LogP contribution is 2.30. The SMILES string of the molecule is CCCNC(C(C)c1ccccn1)C1OCCC1C. The topological polar surface area (TPSA) is 34.2 Å². The molecule has 3 nitrogen and oxygen atoms in total. The molecule has 106 valence electrons. The molecule has 1 aliphatic heterocycles. The van der Waals surface area contributed by atoms with Crippen molar-refractivity contribution < 1.29 is 4.74 Å². The molecular formula is C16H26N2O. The van der Waals surface area contributed by atoms with Crippen LogP contribution in [0, 0.1) is 5.92 Å². The van der Waals surface area contributed by atoms with Crippen molar-refractivity contribution in [2.45, 2.75) is 51.7 Å². The highest BCUT2D eigenvalue weighted by atomic mass is 16.5. The van der Waals surface area contributed by atoms with E-state index < -0.39 is 0 Å². The number of hydrogen-bond acceptors (Lipinski definition) is 3. The highest BCUT2D eigenvalue weighted by Gasteiger charge is 2.35. The Kier molecular flexibility index (Phi) is 5.34. The van der Waals surface area contributed by atoms with Crippen molar-refractivity contribution in [2.24, 2.45) is 5.92 Å². The predicted molar refractivity (Wildman–Crippen MR) is 78.3 cm³/mol. The van der Waals surface area contributed by atoms with Crippen LogP contribution >= 0.6 is 0 Å². The second-order valence-corrected chi connectivity index (χ2v) is 5.62. The summed E-state index contributed by atoms with van der Waals surface area (Å²) in [4.78, 5) is 4.51. The van der Waals surface area contributed by atoms with E-state index in [-0.39, 0.29) is 0 Å². The summed E-state index contributed by atoms with van der Waals surface area (Å²) in [6.07, 6.45) is 4.50. The summed E-state index contributed by atoms with van der Waals surface area (Å²) in [7, 11) is 0. The quantitative estimate of drug-likeness (QED) is 0.856. The van der Waals surface area contributed by atoms with E-state index in [1.165, 1.54) is 6.42 Å². The molecule has 4 atom stereocenters. The Hall–Kier alpha value is -0.930. The van der Waals surface area contributed by atoms with E-state index in [1.54, 1.807) is 0 Å². The van der Waals surface area contributed by atoms with Crippen molar-refractivity contribution in [3.8, 4) is 0 Å². The van der Waals surface area contributed by atoms with Gasteiger partial charge in [0, 0.05) is 30.5 Å². The Morgan fingerprint density at radius 2 is 2.32 bits per heavy atom. The molecule has 1 N–H and O–H groups in total. The van der Waals surface area contributed by atoms with Crippen molar-refractivity contribution in [3.63, 3.8) is 0 Å². The lowest BCUT2D eigenvalue weighted by atomic mass is 9.87. The van der Waals surface area contributed by atoms with E-state index in [0.29, 0.717) is 24.0 Å². The minimum Gasteiger partial charge on any atom is -0.376 e. The summed E-state index contributed by atoms with van der Waals surface area (Å²) in [6.45, 7) is 8.68. The first kappa shape index (κ1) is 14.5. The molecule has 0 radical (unpaired) electrons. The average molecular weight is 262 g/mol. The van der Waals surface area contributed by atoms with Crippen LogP contribution in [0.1, 0.15) is 45.2 Å². The first-order chi connectivity index (χ1) is 9.24. The lowest BCUT2D eigenvalue weighted by molar-refractivity contribution is 0.0533. The van der Waals surface area contributed by atoms with E-state index in [0.717, 1.165) is 25.3 Å². The Labute approximate surface area is 116 Å². The average Bonchev–Trinajstić information content (AvgIpc) is 2.86. The molecule has 0 bridgehead atoms. The minimum absolute atomic E-state index is 0.309. The molecule has 0 saturated carbocycles. The van der Waals surface area contributed by atoms with Crippen molar-refractivity contribution >= 4 is 0 Å². The second kappa shape index (κ2) is 7.01. The molecule has 2 heterocycles. The van der Waals surface area contributed by atoms with Gasteiger partial charge in [0.2, 0.25) is 0 Å². The second-order valence-electron chi connectivity index (χ2n) is 5.62. The van der Waals surface area contributed by atoms with Crippen LogP contribution in [0.4, 0.5) is 0 Å². The maximum atomic E-state index is 5.98. The van der Waals surface area contributed by atoms with Crippen LogP contribution < -0.4 is 5.32 Å². The first-order valence-electron chi connectivity index (χ1n) is 7.50. The zero-order chi connectivity index (χ0) is 13.7. The largest absolute Gasteiger partial charge is 0.376 e. The standard InChI is InChI=1S/C16H26N2O/c1-4-9-18-15(16-12(2)8-11-19-16)13(3)14-7-5-6-10-17-14/h5-7,10,12-13,15-16,18H,4,8-9,11H2,1-3H3. The molecule has 19 heavy (non-hydrogen) atoms. The Balaban J connectivity index is 2.12. The van der Waals surface area contributed by atoms with Gasteiger partial charge < -0.3 is 10.1 Å². The van der Waals surface area contributed by atoms with Crippen molar-refractivity contribution in [3.05, 3.63) is 30.1 Å². The molecule has 1 aliphatic rings. The van der Waals surface area contributed by atoms with E-state index in [9.17, 15) is 0 Å². The summed E-state index contributed by atoms with van der Waals surface area (Å²) < 4.78 is 5.98. The van der Waals surface area contributed by atoms with Gasteiger partial charge in [-0.05, 0) is 37.4 Å². The third-order valence-corrected chi connectivity index (χ3v) is 4.12. The maximum Gasteiger partial charge on any atom is 0.0760 e. The van der Waals surface area contributed by atoms with Crippen LogP contribution in [0.3, 0.4) is 0 Å². The van der Waals surface area contributed by atoms with E-state index in [1.807, 2.05) is 12.3 Å². The first-order valence-corrected chi connectivity index (χ1v) is 7.50. The third-order valence-electron chi connectivity index (χ3n) is 4.12. The number of aromatic nitrogens is 1. The number of rotatable bonds is 6. The molecule has 3 heteroatoms. The van der Waals surface area contributed by atoms with Gasteiger partial charge in [-0.1, -0.05) is 26.8 Å². The van der Waals surface area contributed by atoms with Crippen LogP contribution in [0.25, 0.3) is 0 Å². The molecule has 0 spiro atoms. The molecule has 0 aliphatic carbocycles. The smallest absolute Gasteiger partial charge is 0.0760 e. The van der Waals surface area contributed by atoms with Gasteiger partial charge in [0.1, 0.15) is 0 Å². The molecule has 1 aromatic heterocycles. The number of nitrogens with one attached hydrogen (secondary N) is 1. The van der Waals surface area contributed by atoms with Gasteiger partial charge in [-0.15, -0.1) is 0 Å². The minimum atomic E-state index is 0.309. The van der Waals surface area contributed by atoms with Gasteiger partial charge in [0.05, 0.1) is 6.10 Å². The van der Waals surface area contributed by atoms with Crippen LogP contribution in [0.5, 0.6) is 0 Å². The van der Waals surface area contributed by atoms with Gasteiger partial charge in [-0.2, -0.15) is 0 Å². The zero-order valence-corrected chi connectivity index (χ0v) is 12.3.